The third kappa shape index (κ3) is 2.85. The monoisotopic (exact) mass is 227 g/mol. The molecule has 0 saturated heterocycles. The molecule has 0 heterocycles. The van der Waals surface area contributed by atoms with E-state index in [1.807, 2.05) is 0 Å². The van der Waals surface area contributed by atoms with Crippen molar-refractivity contribution in [1.82, 2.24) is 5.32 Å². The average molecular weight is 227 g/mol. The van der Waals surface area contributed by atoms with Crippen LogP contribution in [-0.2, 0) is 0 Å². The van der Waals surface area contributed by atoms with Gasteiger partial charge in [0, 0.05) is 6.54 Å². The van der Waals surface area contributed by atoms with Gasteiger partial charge in [-0.1, -0.05) is 6.07 Å². The van der Waals surface area contributed by atoms with Gasteiger partial charge in [0.05, 0.1) is 18.3 Å². The molecule has 1 aromatic carbocycles. The predicted molar refractivity (Wildman–Crippen MR) is 55.2 cm³/mol. The van der Waals surface area contributed by atoms with Gasteiger partial charge in [0.2, 0.25) is 0 Å². The van der Waals surface area contributed by atoms with Crippen LogP contribution in [0, 0.1) is 0 Å². The number of aliphatic hydroxyl groups is 2. The van der Waals surface area contributed by atoms with Gasteiger partial charge < -0.3 is 25.7 Å². The largest absolute Gasteiger partial charge is 0.504 e. The fraction of sp³-hybridized carbons (Fsp3) is 0.300. The Bertz CT molecular complexity index is 379. The van der Waals surface area contributed by atoms with Crippen LogP contribution in [0.4, 0.5) is 0 Å². The number of benzene rings is 1. The summed E-state index contributed by atoms with van der Waals surface area (Å²) in [6, 6.07) is 3.98. The summed E-state index contributed by atoms with van der Waals surface area (Å²) in [7, 11) is 0. The molecular weight excluding hydrogens is 214 g/mol. The van der Waals surface area contributed by atoms with Crippen LogP contribution in [0.25, 0.3) is 0 Å². The Balaban J connectivity index is 2.70. The van der Waals surface area contributed by atoms with Crippen molar-refractivity contribution in [3.8, 4) is 11.5 Å². The van der Waals surface area contributed by atoms with E-state index in [1.165, 1.54) is 18.2 Å². The van der Waals surface area contributed by atoms with Crippen LogP contribution >= 0.6 is 0 Å². The highest BCUT2D eigenvalue weighted by Gasteiger charge is 2.14. The SMILES string of the molecule is O=C(NCC(O)CO)c1cccc(O)c1O. The molecule has 1 amide bonds. The zero-order valence-corrected chi connectivity index (χ0v) is 8.42. The second-order valence-electron chi connectivity index (χ2n) is 3.22. The van der Waals surface area contributed by atoms with Gasteiger partial charge in [-0.2, -0.15) is 0 Å². The maximum absolute atomic E-state index is 11.5. The molecule has 0 radical (unpaired) electrons. The lowest BCUT2D eigenvalue weighted by Crippen LogP contribution is -2.33. The molecule has 0 bridgehead atoms. The van der Waals surface area contributed by atoms with Crippen molar-refractivity contribution < 1.29 is 25.2 Å². The van der Waals surface area contributed by atoms with Crippen LogP contribution in [0.3, 0.4) is 0 Å². The molecule has 0 aliphatic carbocycles. The molecule has 1 rings (SSSR count). The Hall–Kier alpha value is -1.79. The lowest BCUT2D eigenvalue weighted by molar-refractivity contribution is 0.0800. The number of carbonyl (C=O) groups is 1. The predicted octanol–water partition coefficient (Wildman–Crippen LogP) is -0.819. The van der Waals surface area contributed by atoms with Crippen molar-refractivity contribution in [2.75, 3.05) is 13.2 Å². The number of amides is 1. The number of rotatable bonds is 4. The van der Waals surface area contributed by atoms with E-state index in [0.29, 0.717) is 0 Å². The molecule has 6 nitrogen and oxygen atoms in total. The van der Waals surface area contributed by atoms with Crippen LogP contribution in [0.15, 0.2) is 18.2 Å². The Morgan fingerprint density at radius 2 is 2.06 bits per heavy atom. The molecule has 5 N–H and O–H groups in total. The number of aliphatic hydroxyl groups excluding tert-OH is 2. The van der Waals surface area contributed by atoms with Gasteiger partial charge in [-0.15, -0.1) is 0 Å². The normalized spacial score (nSPS) is 12.1. The summed E-state index contributed by atoms with van der Waals surface area (Å²) in [4.78, 5) is 11.5. The number of carbonyl (C=O) groups excluding carboxylic acids is 1. The second-order valence-corrected chi connectivity index (χ2v) is 3.22. The number of hydrogen-bond donors (Lipinski definition) is 5. The molecule has 0 aliphatic rings. The zero-order valence-electron chi connectivity index (χ0n) is 8.42. The van der Waals surface area contributed by atoms with E-state index in [9.17, 15) is 9.90 Å². The van der Waals surface area contributed by atoms with Crippen LogP contribution in [-0.4, -0.2) is 45.6 Å². The van der Waals surface area contributed by atoms with Gasteiger partial charge in [-0.3, -0.25) is 4.79 Å². The molecule has 1 atom stereocenters. The highest BCUT2D eigenvalue weighted by Crippen LogP contribution is 2.27. The van der Waals surface area contributed by atoms with E-state index in [2.05, 4.69) is 5.32 Å². The van der Waals surface area contributed by atoms with E-state index in [1.54, 1.807) is 0 Å². The van der Waals surface area contributed by atoms with Gasteiger partial charge in [0.25, 0.3) is 5.91 Å². The Labute approximate surface area is 91.8 Å². The van der Waals surface area contributed by atoms with Gasteiger partial charge in [0.15, 0.2) is 11.5 Å². The van der Waals surface area contributed by atoms with Crippen LogP contribution in [0.5, 0.6) is 11.5 Å². The van der Waals surface area contributed by atoms with Crippen molar-refractivity contribution in [3.05, 3.63) is 23.8 Å². The topological polar surface area (TPSA) is 110 Å². The van der Waals surface area contributed by atoms with Crippen LogP contribution in [0.1, 0.15) is 10.4 Å². The van der Waals surface area contributed by atoms with Crippen LogP contribution < -0.4 is 5.32 Å². The average Bonchev–Trinajstić information content (AvgIpc) is 2.29. The molecule has 16 heavy (non-hydrogen) atoms. The van der Waals surface area contributed by atoms with Crippen molar-refractivity contribution >= 4 is 5.91 Å². The number of phenols is 2. The number of hydrogen-bond acceptors (Lipinski definition) is 5. The number of aromatic hydroxyl groups is 2. The number of nitrogens with one attached hydrogen (secondary N) is 1. The molecule has 0 fully saturated rings. The minimum atomic E-state index is -1.05. The summed E-state index contributed by atoms with van der Waals surface area (Å²) in [5, 5.41) is 38.3. The summed E-state index contributed by atoms with van der Waals surface area (Å²) in [5.41, 5.74) is -0.0925. The highest BCUT2D eigenvalue weighted by molar-refractivity contribution is 5.97. The highest BCUT2D eigenvalue weighted by atomic mass is 16.3. The Morgan fingerprint density at radius 3 is 2.69 bits per heavy atom. The molecule has 6 heteroatoms. The fourth-order valence-electron chi connectivity index (χ4n) is 1.08. The first-order valence-corrected chi connectivity index (χ1v) is 4.64. The molecular formula is C10H13NO5. The van der Waals surface area contributed by atoms with Crippen molar-refractivity contribution in [1.29, 1.82) is 0 Å². The Morgan fingerprint density at radius 1 is 1.38 bits per heavy atom. The van der Waals surface area contributed by atoms with E-state index in [4.69, 9.17) is 15.3 Å². The van der Waals surface area contributed by atoms with Gasteiger partial charge in [0.1, 0.15) is 0 Å². The molecule has 0 aromatic heterocycles. The molecule has 1 unspecified atom stereocenters. The first-order valence-electron chi connectivity index (χ1n) is 4.64. The summed E-state index contributed by atoms with van der Waals surface area (Å²) in [6.45, 7) is -0.600. The van der Waals surface area contributed by atoms with Gasteiger partial charge >= 0.3 is 0 Å². The van der Waals surface area contributed by atoms with Crippen molar-refractivity contribution in [3.63, 3.8) is 0 Å². The molecule has 0 aliphatic heterocycles. The number of phenolic OH excluding ortho intramolecular Hbond substituents is 2. The third-order valence-electron chi connectivity index (χ3n) is 1.97. The molecule has 0 spiro atoms. The molecule has 0 saturated carbocycles. The fourth-order valence-corrected chi connectivity index (χ4v) is 1.08. The lowest BCUT2D eigenvalue weighted by Gasteiger charge is -2.10. The van der Waals surface area contributed by atoms with Gasteiger partial charge in [-0.25, -0.2) is 0 Å². The van der Waals surface area contributed by atoms with Gasteiger partial charge in [-0.05, 0) is 12.1 Å². The van der Waals surface area contributed by atoms with Crippen molar-refractivity contribution in [2.24, 2.45) is 0 Å². The van der Waals surface area contributed by atoms with E-state index in [-0.39, 0.29) is 12.1 Å². The third-order valence-corrected chi connectivity index (χ3v) is 1.97. The summed E-state index contributed by atoms with van der Waals surface area (Å²) >= 11 is 0. The summed E-state index contributed by atoms with van der Waals surface area (Å²) in [6.07, 6.45) is -1.05. The first-order chi connectivity index (χ1) is 7.56. The minimum absolute atomic E-state index is 0.0925. The maximum atomic E-state index is 11.5. The zero-order chi connectivity index (χ0) is 12.1. The summed E-state index contributed by atoms with van der Waals surface area (Å²) < 4.78 is 0. The van der Waals surface area contributed by atoms with E-state index in [0.717, 1.165) is 0 Å². The second kappa shape index (κ2) is 5.34. The van der Waals surface area contributed by atoms with Crippen LogP contribution in [0.2, 0.25) is 0 Å². The van der Waals surface area contributed by atoms with E-state index >= 15 is 0 Å². The van der Waals surface area contributed by atoms with E-state index < -0.39 is 30.1 Å². The first kappa shape index (κ1) is 12.3. The standard InChI is InChI=1S/C10H13NO5/c12-5-6(13)4-11-10(16)7-2-1-3-8(14)9(7)15/h1-3,6,12-15H,4-5H2,(H,11,16). The Kier molecular flexibility index (Phi) is 4.10. The number of para-hydroxylation sites is 1. The minimum Gasteiger partial charge on any atom is -0.504 e. The maximum Gasteiger partial charge on any atom is 0.255 e. The lowest BCUT2D eigenvalue weighted by atomic mass is 10.1. The molecule has 1 aromatic rings. The molecule has 88 valence electrons. The van der Waals surface area contributed by atoms with Crippen molar-refractivity contribution in [2.45, 2.75) is 6.10 Å². The summed E-state index contributed by atoms with van der Waals surface area (Å²) in [5.74, 6) is -1.55. The quantitative estimate of drug-likeness (QED) is 0.432. The smallest absolute Gasteiger partial charge is 0.255 e.